The van der Waals surface area contributed by atoms with Crippen LogP contribution in [0.1, 0.15) is 30.9 Å². The average molecular weight is 163 g/mol. The van der Waals surface area contributed by atoms with Gasteiger partial charge in [-0.05, 0) is 17.5 Å². The number of hydrazine groups is 1. The van der Waals surface area contributed by atoms with Crippen LogP contribution in [0.15, 0.2) is 12.3 Å². The number of pyridine rings is 1. The molecule has 0 spiro atoms. The highest BCUT2D eigenvalue weighted by Gasteiger charge is 2.15. The Bertz CT molecular complexity index is 294. The second-order valence-corrected chi connectivity index (χ2v) is 3.36. The van der Waals surface area contributed by atoms with Crippen molar-refractivity contribution in [3.05, 3.63) is 23.4 Å². The van der Waals surface area contributed by atoms with Crippen molar-refractivity contribution in [2.75, 3.05) is 5.43 Å². The lowest BCUT2D eigenvalue weighted by atomic mass is 9.99. The molecular weight excluding hydrogens is 150 g/mol. The minimum atomic E-state index is 0.573. The molecule has 0 saturated heterocycles. The molecule has 12 heavy (non-hydrogen) atoms. The molecule has 0 aliphatic carbocycles. The second kappa shape index (κ2) is 2.75. The lowest BCUT2D eigenvalue weighted by Gasteiger charge is -2.08. The zero-order valence-electron chi connectivity index (χ0n) is 7.39. The van der Waals surface area contributed by atoms with Gasteiger partial charge in [0.1, 0.15) is 5.82 Å². The van der Waals surface area contributed by atoms with Gasteiger partial charge in [-0.3, -0.25) is 0 Å². The Morgan fingerprint density at radius 3 is 3.08 bits per heavy atom. The summed E-state index contributed by atoms with van der Waals surface area (Å²) in [6.45, 7) is 5.29. The molecule has 0 aromatic carbocycles. The van der Waals surface area contributed by atoms with Crippen LogP contribution in [0.5, 0.6) is 0 Å². The predicted octanol–water partition coefficient (Wildman–Crippen LogP) is 1.64. The number of rotatable bonds is 1. The Balaban J connectivity index is 2.49. The van der Waals surface area contributed by atoms with Gasteiger partial charge >= 0.3 is 0 Å². The first-order valence-electron chi connectivity index (χ1n) is 4.25. The van der Waals surface area contributed by atoms with Crippen LogP contribution >= 0.6 is 0 Å². The highest BCUT2D eigenvalue weighted by atomic mass is 15.4. The summed E-state index contributed by atoms with van der Waals surface area (Å²) in [5, 5.41) is 0. The van der Waals surface area contributed by atoms with Crippen LogP contribution in [0, 0.1) is 0 Å². The van der Waals surface area contributed by atoms with Gasteiger partial charge in [-0.15, -0.1) is 0 Å². The number of hydrogen-bond acceptors (Lipinski definition) is 3. The molecule has 0 amide bonds. The van der Waals surface area contributed by atoms with Crippen LogP contribution in [0.25, 0.3) is 0 Å². The van der Waals surface area contributed by atoms with Gasteiger partial charge in [0, 0.05) is 18.3 Å². The van der Waals surface area contributed by atoms with E-state index in [0.29, 0.717) is 5.92 Å². The van der Waals surface area contributed by atoms with Crippen molar-refractivity contribution in [2.45, 2.75) is 26.3 Å². The molecule has 0 fully saturated rings. The lowest BCUT2D eigenvalue weighted by Crippen LogP contribution is -2.11. The number of nitrogens with one attached hydrogen (secondary N) is 2. The van der Waals surface area contributed by atoms with Gasteiger partial charge in [0.05, 0.1) is 0 Å². The van der Waals surface area contributed by atoms with Crippen molar-refractivity contribution in [1.29, 1.82) is 0 Å². The third-order valence-electron chi connectivity index (χ3n) is 2.19. The fourth-order valence-corrected chi connectivity index (χ4v) is 1.56. The van der Waals surface area contributed by atoms with E-state index < -0.39 is 0 Å². The maximum Gasteiger partial charge on any atom is 0.144 e. The van der Waals surface area contributed by atoms with Gasteiger partial charge in [0.2, 0.25) is 0 Å². The summed E-state index contributed by atoms with van der Waals surface area (Å²) in [6.07, 6.45) is 1.86. The summed E-state index contributed by atoms with van der Waals surface area (Å²) in [4.78, 5) is 4.23. The predicted molar refractivity (Wildman–Crippen MR) is 48.8 cm³/mol. The van der Waals surface area contributed by atoms with E-state index in [1.807, 2.05) is 6.20 Å². The highest BCUT2D eigenvalue weighted by Crippen LogP contribution is 2.26. The fourth-order valence-electron chi connectivity index (χ4n) is 1.56. The largest absolute Gasteiger partial charge is 0.305 e. The van der Waals surface area contributed by atoms with Crippen LogP contribution in [0.4, 0.5) is 5.82 Å². The van der Waals surface area contributed by atoms with Crippen molar-refractivity contribution >= 4 is 5.82 Å². The summed E-state index contributed by atoms with van der Waals surface area (Å²) < 4.78 is 0. The lowest BCUT2D eigenvalue weighted by molar-refractivity contribution is 0.812. The molecule has 2 N–H and O–H groups in total. The summed E-state index contributed by atoms with van der Waals surface area (Å²) >= 11 is 0. The first-order valence-corrected chi connectivity index (χ1v) is 4.25. The Kier molecular flexibility index (Phi) is 1.73. The summed E-state index contributed by atoms with van der Waals surface area (Å²) in [5.74, 6) is 1.56. The van der Waals surface area contributed by atoms with Crippen LogP contribution < -0.4 is 10.9 Å². The molecule has 3 heteroatoms. The molecule has 0 atom stereocenters. The summed E-state index contributed by atoms with van der Waals surface area (Å²) in [7, 11) is 0. The smallest absolute Gasteiger partial charge is 0.144 e. The Labute approximate surface area is 72.2 Å². The zero-order valence-corrected chi connectivity index (χ0v) is 7.39. The minimum absolute atomic E-state index is 0.573. The standard InChI is InChI=1S/C9H13N3/c1-6(2)7-3-4-10-9-8(7)5-11-12-9/h3-4,6,11H,5H2,1-2H3,(H,10,12). The van der Waals surface area contributed by atoms with E-state index in [9.17, 15) is 0 Å². The van der Waals surface area contributed by atoms with E-state index in [1.54, 1.807) is 0 Å². The van der Waals surface area contributed by atoms with E-state index in [-0.39, 0.29) is 0 Å². The number of fused-ring (bicyclic) bond motifs is 1. The molecule has 0 radical (unpaired) electrons. The molecule has 64 valence electrons. The molecule has 3 nitrogen and oxygen atoms in total. The molecule has 0 saturated carbocycles. The van der Waals surface area contributed by atoms with E-state index in [0.717, 1.165) is 12.4 Å². The van der Waals surface area contributed by atoms with Crippen molar-refractivity contribution < 1.29 is 0 Å². The Morgan fingerprint density at radius 1 is 1.50 bits per heavy atom. The van der Waals surface area contributed by atoms with Gasteiger partial charge in [-0.25, -0.2) is 10.4 Å². The van der Waals surface area contributed by atoms with Crippen molar-refractivity contribution in [3.8, 4) is 0 Å². The number of nitrogens with zero attached hydrogens (tertiary/aromatic N) is 1. The van der Waals surface area contributed by atoms with Gasteiger partial charge in [0.25, 0.3) is 0 Å². The number of anilines is 1. The number of hydrogen-bond donors (Lipinski definition) is 2. The van der Waals surface area contributed by atoms with Gasteiger partial charge in [-0.2, -0.15) is 0 Å². The molecule has 1 aliphatic heterocycles. The molecule has 2 heterocycles. The summed E-state index contributed by atoms with van der Waals surface area (Å²) in [6, 6.07) is 2.10. The molecule has 1 aromatic heterocycles. The highest BCUT2D eigenvalue weighted by molar-refractivity contribution is 5.51. The van der Waals surface area contributed by atoms with E-state index in [2.05, 4.69) is 35.7 Å². The van der Waals surface area contributed by atoms with E-state index >= 15 is 0 Å². The molecule has 1 aliphatic rings. The van der Waals surface area contributed by atoms with Gasteiger partial charge < -0.3 is 5.43 Å². The third-order valence-corrected chi connectivity index (χ3v) is 2.19. The topological polar surface area (TPSA) is 37.0 Å². The van der Waals surface area contributed by atoms with Crippen LogP contribution in [0.3, 0.4) is 0 Å². The average Bonchev–Trinajstić information content (AvgIpc) is 2.49. The third kappa shape index (κ3) is 1.06. The summed E-state index contributed by atoms with van der Waals surface area (Å²) in [5.41, 5.74) is 8.80. The second-order valence-electron chi connectivity index (χ2n) is 3.36. The van der Waals surface area contributed by atoms with Crippen molar-refractivity contribution in [3.63, 3.8) is 0 Å². The fraction of sp³-hybridized carbons (Fsp3) is 0.444. The minimum Gasteiger partial charge on any atom is -0.305 e. The Hall–Kier alpha value is -1.09. The molecule has 0 unspecified atom stereocenters. The maximum absolute atomic E-state index is 4.23. The number of aromatic nitrogens is 1. The first-order chi connectivity index (χ1) is 5.79. The van der Waals surface area contributed by atoms with Crippen LogP contribution in [0.2, 0.25) is 0 Å². The molecule has 0 bridgehead atoms. The van der Waals surface area contributed by atoms with Gasteiger partial charge in [-0.1, -0.05) is 13.8 Å². The van der Waals surface area contributed by atoms with Crippen LogP contribution in [-0.2, 0) is 6.54 Å². The van der Waals surface area contributed by atoms with Crippen molar-refractivity contribution in [2.24, 2.45) is 0 Å². The normalized spacial score (nSPS) is 14.6. The maximum atomic E-state index is 4.23. The molecule has 2 rings (SSSR count). The van der Waals surface area contributed by atoms with E-state index in [1.165, 1.54) is 11.1 Å². The van der Waals surface area contributed by atoms with Gasteiger partial charge in [0.15, 0.2) is 0 Å². The SMILES string of the molecule is CC(C)c1ccnc2c1CNN2. The monoisotopic (exact) mass is 163 g/mol. The molecular formula is C9H13N3. The Morgan fingerprint density at radius 2 is 2.33 bits per heavy atom. The van der Waals surface area contributed by atoms with Crippen LogP contribution in [-0.4, -0.2) is 4.98 Å². The van der Waals surface area contributed by atoms with Crippen molar-refractivity contribution in [1.82, 2.24) is 10.4 Å². The zero-order chi connectivity index (χ0) is 8.55. The van der Waals surface area contributed by atoms with E-state index in [4.69, 9.17) is 0 Å². The molecule has 1 aromatic rings. The quantitative estimate of drug-likeness (QED) is 0.660. The first kappa shape index (κ1) is 7.55.